The Morgan fingerprint density at radius 2 is 2.09 bits per heavy atom. The zero-order valence-electron chi connectivity index (χ0n) is 13.3. The number of nitrogens with one attached hydrogen (secondary N) is 2. The van der Waals surface area contributed by atoms with E-state index in [4.69, 9.17) is 11.6 Å². The van der Waals surface area contributed by atoms with E-state index < -0.39 is 0 Å². The van der Waals surface area contributed by atoms with Crippen LogP contribution in [0.2, 0.25) is 5.02 Å². The SMILES string of the molecule is CCc1nc(CCNC(=NC)NCc2ccccc2Cl)cs1.I. The van der Waals surface area contributed by atoms with E-state index in [1.54, 1.807) is 18.4 Å². The minimum atomic E-state index is 0. The van der Waals surface area contributed by atoms with Crippen LogP contribution in [0.25, 0.3) is 0 Å². The predicted molar refractivity (Wildman–Crippen MR) is 110 cm³/mol. The van der Waals surface area contributed by atoms with Gasteiger partial charge in [-0.3, -0.25) is 4.99 Å². The maximum absolute atomic E-state index is 6.14. The third kappa shape index (κ3) is 6.64. The molecular weight excluding hydrogens is 443 g/mol. The Bertz CT molecular complexity index is 630. The number of hydrogen-bond donors (Lipinski definition) is 2. The minimum Gasteiger partial charge on any atom is -0.356 e. The standard InChI is InChI=1S/C16H21ClN4S.HI/c1-3-15-21-13(11-22-15)8-9-19-16(18-2)20-10-12-6-4-5-7-14(12)17;/h4-7,11H,3,8-10H2,1-2H3,(H2,18,19,20);1H. The fourth-order valence-electron chi connectivity index (χ4n) is 1.98. The molecule has 0 aliphatic rings. The second kappa shape index (κ2) is 10.8. The summed E-state index contributed by atoms with van der Waals surface area (Å²) in [6.07, 6.45) is 1.89. The van der Waals surface area contributed by atoms with E-state index in [1.165, 1.54) is 5.01 Å². The molecule has 1 aromatic heterocycles. The van der Waals surface area contributed by atoms with E-state index in [0.29, 0.717) is 6.54 Å². The lowest BCUT2D eigenvalue weighted by molar-refractivity contribution is 0.785. The van der Waals surface area contributed by atoms with Crippen molar-refractivity contribution >= 4 is 52.9 Å². The molecule has 2 N–H and O–H groups in total. The van der Waals surface area contributed by atoms with E-state index in [-0.39, 0.29) is 24.0 Å². The first-order valence-corrected chi connectivity index (χ1v) is 8.60. The summed E-state index contributed by atoms with van der Waals surface area (Å²) in [4.78, 5) is 8.78. The molecule has 1 heterocycles. The smallest absolute Gasteiger partial charge is 0.191 e. The number of aliphatic imine (C=N–C) groups is 1. The molecule has 0 amide bonds. The molecule has 0 saturated carbocycles. The highest BCUT2D eigenvalue weighted by Gasteiger charge is 2.03. The fraction of sp³-hybridized carbons (Fsp3) is 0.375. The van der Waals surface area contributed by atoms with Crippen LogP contribution in [-0.2, 0) is 19.4 Å². The molecule has 2 aromatic rings. The molecule has 4 nitrogen and oxygen atoms in total. The van der Waals surface area contributed by atoms with Crippen molar-refractivity contribution in [3.05, 3.63) is 50.9 Å². The number of hydrogen-bond acceptors (Lipinski definition) is 3. The Balaban J connectivity index is 0.00000264. The molecule has 1 aromatic carbocycles. The van der Waals surface area contributed by atoms with Crippen LogP contribution in [0.1, 0.15) is 23.2 Å². The van der Waals surface area contributed by atoms with Crippen molar-refractivity contribution in [2.75, 3.05) is 13.6 Å². The van der Waals surface area contributed by atoms with Gasteiger partial charge < -0.3 is 10.6 Å². The van der Waals surface area contributed by atoms with Crippen LogP contribution in [0.4, 0.5) is 0 Å². The van der Waals surface area contributed by atoms with Crippen molar-refractivity contribution in [2.24, 2.45) is 4.99 Å². The molecule has 0 radical (unpaired) electrons. The van der Waals surface area contributed by atoms with Gasteiger partial charge in [0.25, 0.3) is 0 Å². The van der Waals surface area contributed by atoms with Gasteiger partial charge in [0.15, 0.2) is 5.96 Å². The third-order valence-corrected chi connectivity index (χ3v) is 4.61. The van der Waals surface area contributed by atoms with Gasteiger partial charge in [0.1, 0.15) is 0 Å². The summed E-state index contributed by atoms with van der Waals surface area (Å²) < 4.78 is 0. The van der Waals surface area contributed by atoms with E-state index in [9.17, 15) is 0 Å². The van der Waals surface area contributed by atoms with Gasteiger partial charge in [0.2, 0.25) is 0 Å². The predicted octanol–water partition coefficient (Wildman–Crippen LogP) is 3.88. The molecule has 0 fully saturated rings. The average Bonchev–Trinajstić information content (AvgIpc) is 3.00. The molecule has 2 rings (SSSR count). The molecule has 23 heavy (non-hydrogen) atoms. The van der Waals surface area contributed by atoms with Gasteiger partial charge in [-0.15, -0.1) is 35.3 Å². The summed E-state index contributed by atoms with van der Waals surface area (Å²) in [6, 6.07) is 7.80. The topological polar surface area (TPSA) is 49.3 Å². The highest BCUT2D eigenvalue weighted by atomic mass is 127. The lowest BCUT2D eigenvalue weighted by Gasteiger charge is -2.12. The second-order valence-corrected chi connectivity index (χ2v) is 6.13. The lowest BCUT2D eigenvalue weighted by Crippen LogP contribution is -2.37. The van der Waals surface area contributed by atoms with E-state index in [0.717, 1.165) is 41.6 Å². The zero-order chi connectivity index (χ0) is 15.8. The molecule has 7 heteroatoms. The van der Waals surface area contributed by atoms with Crippen LogP contribution in [0.3, 0.4) is 0 Å². The zero-order valence-corrected chi connectivity index (χ0v) is 17.2. The molecule has 0 saturated heterocycles. The average molecular weight is 465 g/mol. The lowest BCUT2D eigenvalue weighted by atomic mass is 10.2. The summed E-state index contributed by atoms with van der Waals surface area (Å²) in [5, 5.41) is 10.6. The fourth-order valence-corrected chi connectivity index (χ4v) is 2.96. The highest BCUT2D eigenvalue weighted by Crippen LogP contribution is 2.14. The maximum Gasteiger partial charge on any atom is 0.191 e. The number of benzene rings is 1. The summed E-state index contributed by atoms with van der Waals surface area (Å²) in [5.74, 6) is 0.769. The summed E-state index contributed by atoms with van der Waals surface area (Å²) in [5.41, 5.74) is 2.19. The highest BCUT2D eigenvalue weighted by molar-refractivity contribution is 14.0. The van der Waals surface area contributed by atoms with Gasteiger partial charge in [-0.2, -0.15) is 0 Å². The van der Waals surface area contributed by atoms with Crippen molar-refractivity contribution in [3.63, 3.8) is 0 Å². The number of guanidine groups is 1. The number of aryl methyl sites for hydroxylation is 1. The first-order valence-electron chi connectivity index (χ1n) is 7.34. The molecule has 0 unspecified atom stereocenters. The minimum absolute atomic E-state index is 0. The molecular formula is C16H22ClIN4S. The normalized spacial score (nSPS) is 11.0. The van der Waals surface area contributed by atoms with Crippen LogP contribution >= 0.6 is 46.9 Å². The number of rotatable bonds is 6. The molecule has 0 bridgehead atoms. The molecule has 0 aliphatic carbocycles. The number of nitrogens with zero attached hydrogens (tertiary/aromatic N) is 2. The van der Waals surface area contributed by atoms with Crippen LogP contribution in [0, 0.1) is 0 Å². The van der Waals surface area contributed by atoms with Gasteiger partial charge >= 0.3 is 0 Å². The van der Waals surface area contributed by atoms with Gasteiger partial charge in [-0.1, -0.05) is 36.7 Å². The molecule has 0 atom stereocenters. The van der Waals surface area contributed by atoms with Crippen LogP contribution in [0.15, 0.2) is 34.6 Å². The number of halogens is 2. The van der Waals surface area contributed by atoms with E-state index in [2.05, 4.69) is 32.9 Å². The van der Waals surface area contributed by atoms with Gasteiger partial charge in [0.05, 0.1) is 10.7 Å². The maximum atomic E-state index is 6.14. The van der Waals surface area contributed by atoms with Crippen LogP contribution in [-0.4, -0.2) is 24.5 Å². The Morgan fingerprint density at radius 1 is 1.30 bits per heavy atom. The van der Waals surface area contributed by atoms with Gasteiger partial charge in [-0.05, 0) is 18.1 Å². The number of aromatic nitrogens is 1. The quantitative estimate of drug-likeness (QED) is 0.387. The first kappa shape index (κ1) is 20.2. The Labute approximate surface area is 163 Å². The number of thiazole rings is 1. The van der Waals surface area contributed by atoms with Crippen molar-refractivity contribution < 1.29 is 0 Å². The molecule has 0 spiro atoms. The summed E-state index contributed by atoms with van der Waals surface area (Å²) in [7, 11) is 1.76. The van der Waals surface area contributed by atoms with Gasteiger partial charge in [-0.25, -0.2) is 4.98 Å². The Kier molecular flexibility index (Phi) is 9.50. The monoisotopic (exact) mass is 464 g/mol. The Hall–Kier alpha value is -0.860. The van der Waals surface area contributed by atoms with Crippen LogP contribution in [0.5, 0.6) is 0 Å². The van der Waals surface area contributed by atoms with Crippen molar-refractivity contribution in [1.29, 1.82) is 0 Å². The Morgan fingerprint density at radius 3 is 2.74 bits per heavy atom. The summed E-state index contributed by atoms with van der Waals surface area (Å²) in [6.45, 7) is 3.58. The second-order valence-electron chi connectivity index (χ2n) is 4.78. The van der Waals surface area contributed by atoms with Crippen molar-refractivity contribution in [1.82, 2.24) is 15.6 Å². The third-order valence-electron chi connectivity index (χ3n) is 3.20. The van der Waals surface area contributed by atoms with Crippen molar-refractivity contribution in [2.45, 2.75) is 26.3 Å². The first-order chi connectivity index (χ1) is 10.7. The van der Waals surface area contributed by atoms with E-state index >= 15 is 0 Å². The van der Waals surface area contributed by atoms with Gasteiger partial charge in [0, 0.05) is 37.0 Å². The van der Waals surface area contributed by atoms with E-state index in [1.807, 2.05) is 24.3 Å². The molecule has 0 aliphatic heterocycles. The summed E-state index contributed by atoms with van der Waals surface area (Å²) >= 11 is 7.87. The van der Waals surface area contributed by atoms with Crippen LogP contribution < -0.4 is 10.6 Å². The largest absolute Gasteiger partial charge is 0.356 e. The molecule has 126 valence electrons. The van der Waals surface area contributed by atoms with Crippen molar-refractivity contribution in [3.8, 4) is 0 Å².